The Morgan fingerprint density at radius 3 is 2.92 bits per heavy atom. The molecule has 130 valence electrons. The first-order valence-electron chi connectivity index (χ1n) is 8.76. The number of likely N-dealkylation sites (tertiary alicyclic amines) is 1. The van der Waals surface area contributed by atoms with Gasteiger partial charge in [0.2, 0.25) is 0 Å². The van der Waals surface area contributed by atoms with Crippen LogP contribution in [0.25, 0.3) is 0 Å². The monoisotopic (exact) mass is 347 g/mol. The molecular formula is C19H26ClN3O. The lowest BCUT2D eigenvalue weighted by Gasteiger charge is -2.25. The van der Waals surface area contributed by atoms with E-state index in [1.54, 1.807) is 0 Å². The zero-order valence-corrected chi connectivity index (χ0v) is 15.2. The number of nitrogens with one attached hydrogen (secondary N) is 1. The molecule has 0 radical (unpaired) electrons. The first-order valence-corrected chi connectivity index (χ1v) is 9.14. The van der Waals surface area contributed by atoms with E-state index in [2.05, 4.69) is 34.8 Å². The van der Waals surface area contributed by atoms with Gasteiger partial charge in [-0.25, -0.2) is 4.98 Å². The van der Waals surface area contributed by atoms with Crippen molar-refractivity contribution < 1.29 is 5.11 Å². The van der Waals surface area contributed by atoms with Crippen LogP contribution in [0.2, 0.25) is 5.15 Å². The summed E-state index contributed by atoms with van der Waals surface area (Å²) >= 11 is 6.28. The van der Waals surface area contributed by atoms with E-state index < -0.39 is 5.60 Å². The first-order chi connectivity index (χ1) is 11.5. The van der Waals surface area contributed by atoms with Crippen LogP contribution in [-0.2, 0) is 18.6 Å². The number of hydrogen-bond acceptors (Lipinski definition) is 3. The minimum Gasteiger partial charge on any atom is -0.384 e. The maximum absolute atomic E-state index is 11.1. The number of nitrogens with zero attached hydrogens (tertiary/aromatic N) is 2. The summed E-state index contributed by atoms with van der Waals surface area (Å²) in [5.41, 5.74) is 2.36. The summed E-state index contributed by atoms with van der Waals surface area (Å²) in [6, 6.07) is 8.10. The zero-order valence-electron chi connectivity index (χ0n) is 14.5. The number of unbranched alkanes of at least 4 members (excludes halogenated alkanes) is 1. The molecule has 4 nitrogen and oxygen atoms in total. The SMILES string of the molecule is CCCCc1nc(Cl)c(CN2CC[C@](O)(c3ccccc3C)C2)[nH]1. The number of halogens is 1. The van der Waals surface area contributed by atoms with Crippen molar-refractivity contribution >= 4 is 11.6 Å². The lowest BCUT2D eigenvalue weighted by atomic mass is 9.89. The molecule has 0 aliphatic carbocycles. The van der Waals surface area contributed by atoms with Gasteiger partial charge in [0.25, 0.3) is 0 Å². The van der Waals surface area contributed by atoms with Gasteiger partial charge in [0.1, 0.15) is 11.4 Å². The summed E-state index contributed by atoms with van der Waals surface area (Å²) in [5, 5.41) is 11.6. The largest absolute Gasteiger partial charge is 0.384 e. The molecule has 0 saturated carbocycles. The van der Waals surface area contributed by atoms with E-state index in [9.17, 15) is 5.11 Å². The second kappa shape index (κ2) is 7.26. The summed E-state index contributed by atoms with van der Waals surface area (Å²) < 4.78 is 0. The molecule has 1 aliphatic heterocycles. The van der Waals surface area contributed by atoms with Crippen LogP contribution in [0.3, 0.4) is 0 Å². The molecule has 2 N–H and O–H groups in total. The van der Waals surface area contributed by atoms with Gasteiger partial charge in [0.15, 0.2) is 5.15 Å². The molecule has 0 bridgehead atoms. The summed E-state index contributed by atoms with van der Waals surface area (Å²) in [7, 11) is 0. The van der Waals surface area contributed by atoms with E-state index in [4.69, 9.17) is 11.6 Å². The molecule has 0 spiro atoms. The van der Waals surface area contributed by atoms with Crippen molar-refractivity contribution in [3.63, 3.8) is 0 Å². The fourth-order valence-corrected chi connectivity index (χ4v) is 3.76. The third-order valence-corrected chi connectivity index (χ3v) is 5.21. The van der Waals surface area contributed by atoms with Crippen molar-refractivity contribution in [2.24, 2.45) is 0 Å². The van der Waals surface area contributed by atoms with Gasteiger partial charge >= 0.3 is 0 Å². The number of aromatic nitrogens is 2. The molecule has 1 atom stereocenters. The third kappa shape index (κ3) is 3.66. The second-order valence-corrected chi connectivity index (χ2v) is 7.22. The van der Waals surface area contributed by atoms with E-state index in [0.29, 0.717) is 18.2 Å². The van der Waals surface area contributed by atoms with Crippen LogP contribution in [0.5, 0.6) is 0 Å². The highest BCUT2D eigenvalue weighted by atomic mass is 35.5. The van der Waals surface area contributed by atoms with Gasteiger partial charge in [-0.1, -0.05) is 49.2 Å². The number of imidazole rings is 1. The van der Waals surface area contributed by atoms with Crippen molar-refractivity contribution in [2.75, 3.05) is 13.1 Å². The van der Waals surface area contributed by atoms with Crippen molar-refractivity contribution in [3.8, 4) is 0 Å². The van der Waals surface area contributed by atoms with Gasteiger partial charge in [0.05, 0.1) is 5.69 Å². The van der Waals surface area contributed by atoms with Crippen LogP contribution < -0.4 is 0 Å². The summed E-state index contributed by atoms with van der Waals surface area (Å²) in [4.78, 5) is 10.0. The Morgan fingerprint density at radius 2 is 2.17 bits per heavy atom. The van der Waals surface area contributed by atoms with Crippen molar-refractivity contribution in [1.29, 1.82) is 0 Å². The highest BCUT2D eigenvalue weighted by molar-refractivity contribution is 6.30. The lowest BCUT2D eigenvalue weighted by Crippen LogP contribution is -2.31. The van der Waals surface area contributed by atoms with Gasteiger partial charge < -0.3 is 10.1 Å². The Bertz CT molecular complexity index is 700. The molecule has 3 rings (SSSR count). The van der Waals surface area contributed by atoms with E-state index in [-0.39, 0.29) is 0 Å². The minimum absolute atomic E-state index is 0.562. The molecular weight excluding hydrogens is 322 g/mol. The molecule has 0 amide bonds. The minimum atomic E-state index is -0.775. The third-order valence-electron chi connectivity index (χ3n) is 4.90. The van der Waals surface area contributed by atoms with Crippen LogP contribution in [0.15, 0.2) is 24.3 Å². The highest BCUT2D eigenvalue weighted by Crippen LogP contribution is 2.34. The topological polar surface area (TPSA) is 52.1 Å². The molecule has 0 unspecified atom stereocenters. The number of benzene rings is 1. The van der Waals surface area contributed by atoms with Gasteiger partial charge in [-0.2, -0.15) is 0 Å². The Morgan fingerprint density at radius 1 is 1.38 bits per heavy atom. The predicted octanol–water partition coefficient (Wildman–Crippen LogP) is 3.81. The van der Waals surface area contributed by atoms with E-state index >= 15 is 0 Å². The zero-order chi connectivity index (χ0) is 17.2. The molecule has 1 aromatic carbocycles. The van der Waals surface area contributed by atoms with Gasteiger partial charge in [-0.3, -0.25) is 4.90 Å². The smallest absolute Gasteiger partial charge is 0.151 e. The van der Waals surface area contributed by atoms with Crippen LogP contribution in [-0.4, -0.2) is 33.1 Å². The normalized spacial score (nSPS) is 21.5. The van der Waals surface area contributed by atoms with Crippen molar-refractivity contribution in [1.82, 2.24) is 14.9 Å². The fourth-order valence-electron chi connectivity index (χ4n) is 3.55. The van der Waals surface area contributed by atoms with Gasteiger partial charge in [0, 0.05) is 26.1 Å². The average molecular weight is 348 g/mol. The first kappa shape index (κ1) is 17.5. The standard InChI is InChI=1S/C19H26ClN3O/c1-3-4-9-17-21-16(18(20)22-17)12-23-11-10-19(24,13-23)15-8-6-5-7-14(15)2/h5-8,24H,3-4,9-13H2,1-2H3,(H,21,22)/t19-/m1/s1. The van der Waals surface area contributed by atoms with Crippen LogP contribution >= 0.6 is 11.6 Å². The maximum atomic E-state index is 11.1. The van der Waals surface area contributed by atoms with Crippen molar-refractivity contribution in [2.45, 2.75) is 51.7 Å². The fraction of sp³-hybridized carbons (Fsp3) is 0.526. The summed E-state index contributed by atoms with van der Waals surface area (Å²) in [5.74, 6) is 0.963. The molecule has 1 saturated heterocycles. The molecule has 1 aliphatic rings. The molecule has 2 heterocycles. The van der Waals surface area contributed by atoms with E-state index in [0.717, 1.165) is 54.9 Å². The van der Waals surface area contributed by atoms with Crippen LogP contribution in [0.4, 0.5) is 0 Å². The maximum Gasteiger partial charge on any atom is 0.151 e. The average Bonchev–Trinajstić information content (AvgIpc) is 3.10. The number of H-pyrrole nitrogens is 1. The quantitative estimate of drug-likeness (QED) is 0.835. The molecule has 24 heavy (non-hydrogen) atoms. The Balaban J connectivity index is 1.68. The lowest BCUT2D eigenvalue weighted by molar-refractivity contribution is 0.0446. The Labute approximate surface area is 148 Å². The Kier molecular flexibility index (Phi) is 5.28. The van der Waals surface area contributed by atoms with Crippen LogP contribution in [0.1, 0.15) is 48.8 Å². The number of aryl methyl sites for hydroxylation is 2. The molecule has 5 heteroatoms. The van der Waals surface area contributed by atoms with Gasteiger partial charge in [-0.05, 0) is 30.9 Å². The number of aromatic amines is 1. The number of β-amino-alcohol motifs (C(OH)–C–C–N with tert-alkyl or cyclic N) is 1. The Hall–Kier alpha value is -1.36. The van der Waals surface area contributed by atoms with E-state index in [1.807, 2.05) is 18.2 Å². The summed E-state index contributed by atoms with van der Waals surface area (Å²) in [6.07, 6.45) is 3.93. The number of aliphatic hydroxyl groups is 1. The molecule has 1 fully saturated rings. The van der Waals surface area contributed by atoms with Gasteiger partial charge in [-0.15, -0.1) is 0 Å². The predicted molar refractivity (Wildman–Crippen MR) is 97.2 cm³/mol. The molecule has 2 aromatic rings. The van der Waals surface area contributed by atoms with E-state index in [1.165, 1.54) is 0 Å². The highest BCUT2D eigenvalue weighted by Gasteiger charge is 2.38. The summed E-state index contributed by atoms with van der Waals surface area (Å²) in [6.45, 7) is 6.40. The number of rotatable bonds is 6. The second-order valence-electron chi connectivity index (χ2n) is 6.86. The number of hydrogen-bond donors (Lipinski definition) is 2. The van der Waals surface area contributed by atoms with Crippen molar-refractivity contribution in [3.05, 3.63) is 52.1 Å². The van der Waals surface area contributed by atoms with Crippen LogP contribution in [0, 0.1) is 6.92 Å². The molecule has 1 aromatic heterocycles.